The molecule has 0 spiro atoms. The monoisotopic (exact) mass is 426 g/mol. The zero-order valence-electron chi connectivity index (χ0n) is 21.0. The Morgan fingerprint density at radius 2 is 1.90 bits per heavy atom. The Morgan fingerprint density at radius 1 is 1.13 bits per heavy atom. The molecule has 0 aliphatic heterocycles. The third kappa shape index (κ3) is 4.18. The van der Waals surface area contributed by atoms with Crippen molar-refractivity contribution in [2.24, 2.45) is 40.4 Å². The van der Waals surface area contributed by atoms with E-state index >= 15 is 0 Å². The zero-order chi connectivity index (χ0) is 22.4. The van der Waals surface area contributed by atoms with Crippen molar-refractivity contribution in [3.63, 3.8) is 0 Å². The fraction of sp³-hybridized carbons (Fsp3) is 0.828. The molecule has 0 saturated heterocycles. The molecular formula is C29H46O2. The van der Waals surface area contributed by atoms with Gasteiger partial charge in [0.25, 0.3) is 0 Å². The van der Waals surface area contributed by atoms with Crippen LogP contribution in [0.4, 0.5) is 0 Å². The number of carbonyl (C=O) groups excluding carboxylic acids is 1. The molecule has 0 unspecified atom stereocenters. The van der Waals surface area contributed by atoms with Crippen LogP contribution in [-0.4, -0.2) is 12.1 Å². The van der Waals surface area contributed by atoms with Crippen molar-refractivity contribution in [1.82, 2.24) is 0 Å². The lowest BCUT2D eigenvalue weighted by atomic mass is 9.52. The van der Waals surface area contributed by atoms with Gasteiger partial charge in [-0.25, -0.2) is 0 Å². The molecule has 0 N–H and O–H groups in total. The second kappa shape index (κ2) is 8.71. The van der Waals surface area contributed by atoms with Crippen LogP contribution in [-0.2, 0) is 9.53 Å². The summed E-state index contributed by atoms with van der Waals surface area (Å²) in [7, 11) is 0. The maximum atomic E-state index is 11.5. The Bertz CT molecular complexity index is 746. The van der Waals surface area contributed by atoms with Crippen molar-refractivity contribution in [2.75, 3.05) is 0 Å². The van der Waals surface area contributed by atoms with Gasteiger partial charge in [0, 0.05) is 6.92 Å². The van der Waals surface area contributed by atoms with Crippen LogP contribution < -0.4 is 0 Å². The first-order valence-corrected chi connectivity index (χ1v) is 13.2. The molecule has 31 heavy (non-hydrogen) atoms. The number of hydrogen-bond acceptors (Lipinski definition) is 2. The average molecular weight is 427 g/mol. The first-order chi connectivity index (χ1) is 14.6. The predicted molar refractivity (Wildman–Crippen MR) is 129 cm³/mol. The summed E-state index contributed by atoms with van der Waals surface area (Å²) in [6, 6.07) is 0. The molecular weight excluding hydrogens is 380 g/mol. The number of allylic oxidation sites excluding steroid dienone is 4. The van der Waals surface area contributed by atoms with E-state index in [0.717, 1.165) is 42.9 Å². The van der Waals surface area contributed by atoms with Crippen molar-refractivity contribution in [3.8, 4) is 0 Å². The van der Waals surface area contributed by atoms with Crippen LogP contribution in [0.3, 0.4) is 0 Å². The van der Waals surface area contributed by atoms with E-state index in [9.17, 15) is 4.79 Å². The highest BCUT2D eigenvalue weighted by Crippen LogP contribution is 2.64. The predicted octanol–water partition coefficient (Wildman–Crippen LogP) is 7.88. The SMILES string of the molecule is CC(=O)O[C@H]1CC[C@]2(C)C3=C(C=C[C@H]2C1)[C@@H]1CC[C@H]([C@H](C)CCCC(C)C)[C@@]1(C)CC3. The highest BCUT2D eigenvalue weighted by Gasteiger charge is 2.55. The summed E-state index contributed by atoms with van der Waals surface area (Å²) < 4.78 is 5.60. The van der Waals surface area contributed by atoms with E-state index in [4.69, 9.17) is 4.74 Å². The van der Waals surface area contributed by atoms with Crippen LogP contribution >= 0.6 is 0 Å². The molecule has 4 aliphatic rings. The largest absolute Gasteiger partial charge is 0.463 e. The summed E-state index contributed by atoms with van der Waals surface area (Å²) in [5, 5.41) is 0. The first kappa shape index (κ1) is 23.1. The molecule has 0 aromatic rings. The molecule has 0 radical (unpaired) electrons. The van der Waals surface area contributed by atoms with E-state index in [1.54, 1.807) is 18.1 Å². The van der Waals surface area contributed by atoms with E-state index in [1.165, 1.54) is 44.9 Å². The van der Waals surface area contributed by atoms with Gasteiger partial charge in [-0.1, -0.05) is 71.6 Å². The van der Waals surface area contributed by atoms with E-state index in [-0.39, 0.29) is 17.5 Å². The number of rotatable bonds is 6. The van der Waals surface area contributed by atoms with Gasteiger partial charge in [-0.15, -0.1) is 0 Å². The summed E-state index contributed by atoms with van der Waals surface area (Å²) in [4.78, 5) is 11.5. The second-order valence-electron chi connectivity index (χ2n) is 12.4. The number of esters is 1. The molecule has 2 fully saturated rings. The normalized spacial score (nSPS) is 40.4. The molecule has 0 amide bonds. The van der Waals surface area contributed by atoms with Crippen molar-refractivity contribution >= 4 is 5.97 Å². The Balaban J connectivity index is 1.50. The molecule has 0 aromatic carbocycles. The Hall–Kier alpha value is -1.05. The summed E-state index contributed by atoms with van der Waals surface area (Å²) in [5.41, 5.74) is 4.26. The number of carbonyl (C=O) groups is 1. The lowest BCUT2D eigenvalue weighted by Crippen LogP contribution is -2.44. The topological polar surface area (TPSA) is 26.3 Å². The fourth-order valence-corrected chi connectivity index (χ4v) is 8.23. The molecule has 2 nitrogen and oxygen atoms in total. The average Bonchev–Trinajstić information content (AvgIpc) is 3.05. The summed E-state index contributed by atoms with van der Waals surface area (Å²) in [6.07, 6.45) is 18.0. The van der Waals surface area contributed by atoms with Crippen LogP contribution in [0.1, 0.15) is 106 Å². The van der Waals surface area contributed by atoms with Gasteiger partial charge in [-0.3, -0.25) is 4.79 Å². The Morgan fingerprint density at radius 3 is 2.61 bits per heavy atom. The van der Waals surface area contributed by atoms with Crippen molar-refractivity contribution in [1.29, 1.82) is 0 Å². The molecule has 0 bridgehead atoms. The maximum Gasteiger partial charge on any atom is 0.302 e. The molecule has 0 aromatic heterocycles. The smallest absolute Gasteiger partial charge is 0.302 e. The highest BCUT2D eigenvalue weighted by atomic mass is 16.5. The maximum absolute atomic E-state index is 11.5. The number of fused-ring (bicyclic) bond motifs is 4. The highest BCUT2D eigenvalue weighted by molar-refractivity contribution is 5.66. The van der Waals surface area contributed by atoms with Crippen LogP contribution in [0, 0.1) is 40.4 Å². The van der Waals surface area contributed by atoms with E-state index < -0.39 is 0 Å². The third-order valence-electron chi connectivity index (χ3n) is 10.0. The third-order valence-corrected chi connectivity index (χ3v) is 10.0. The summed E-state index contributed by atoms with van der Waals surface area (Å²) in [6.45, 7) is 14.0. The van der Waals surface area contributed by atoms with Gasteiger partial charge in [0.05, 0.1) is 0 Å². The second-order valence-corrected chi connectivity index (χ2v) is 12.4. The van der Waals surface area contributed by atoms with E-state index in [2.05, 4.69) is 46.8 Å². The molecule has 0 heterocycles. The van der Waals surface area contributed by atoms with E-state index in [0.29, 0.717) is 11.3 Å². The molecule has 4 aliphatic carbocycles. The van der Waals surface area contributed by atoms with Gasteiger partial charge in [-0.05, 0) is 90.9 Å². The fourth-order valence-electron chi connectivity index (χ4n) is 8.23. The molecule has 174 valence electrons. The van der Waals surface area contributed by atoms with Gasteiger partial charge in [0.2, 0.25) is 0 Å². The first-order valence-electron chi connectivity index (χ1n) is 13.2. The van der Waals surface area contributed by atoms with Gasteiger partial charge in [0.1, 0.15) is 6.10 Å². The minimum atomic E-state index is -0.124. The quantitative estimate of drug-likeness (QED) is 0.404. The Labute approximate surface area is 191 Å². The number of ether oxygens (including phenoxy) is 1. The molecule has 2 heteroatoms. The van der Waals surface area contributed by atoms with Crippen LogP contribution in [0.2, 0.25) is 0 Å². The molecule has 2 saturated carbocycles. The molecule has 7 atom stereocenters. The summed E-state index contributed by atoms with van der Waals surface area (Å²) >= 11 is 0. The van der Waals surface area contributed by atoms with Crippen molar-refractivity contribution in [2.45, 2.75) is 112 Å². The van der Waals surface area contributed by atoms with Gasteiger partial charge in [0.15, 0.2) is 0 Å². The van der Waals surface area contributed by atoms with E-state index in [1.807, 2.05) is 0 Å². The lowest BCUT2D eigenvalue weighted by Gasteiger charge is -2.53. The standard InChI is InChI=1S/C29H46O2/c1-19(2)8-7-9-20(3)25-12-13-26-24-11-10-22-18-23(31-21(4)30)14-16-28(22,5)27(24)15-17-29(25,26)6/h10-11,19-20,22-23,25-26H,7-9,12-18H2,1-6H3/t20-,22+,23+,25-,26+,28+,29-/m1/s1. The van der Waals surface area contributed by atoms with Crippen molar-refractivity contribution in [3.05, 3.63) is 23.3 Å². The van der Waals surface area contributed by atoms with Gasteiger partial charge >= 0.3 is 5.97 Å². The van der Waals surface area contributed by atoms with Gasteiger partial charge < -0.3 is 4.74 Å². The van der Waals surface area contributed by atoms with Crippen LogP contribution in [0.25, 0.3) is 0 Å². The van der Waals surface area contributed by atoms with Gasteiger partial charge in [-0.2, -0.15) is 0 Å². The van der Waals surface area contributed by atoms with Crippen LogP contribution in [0.5, 0.6) is 0 Å². The molecule has 4 rings (SSSR count). The number of hydrogen-bond donors (Lipinski definition) is 0. The zero-order valence-corrected chi connectivity index (χ0v) is 21.0. The minimum Gasteiger partial charge on any atom is -0.463 e. The summed E-state index contributed by atoms with van der Waals surface area (Å²) in [5.74, 6) is 3.73. The van der Waals surface area contributed by atoms with Crippen LogP contribution in [0.15, 0.2) is 23.3 Å². The van der Waals surface area contributed by atoms with Crippen molar-refractivity contribution < 1.29 is 9.53 Å². The lowest BCUT2D eigenvalue weighted by molar-refractivity contribution is -0.149. The Kier molecular flexibility index (Phi) is 6.50. The minimum absolute atomic E-state index is 0.110.